The molecule has 0 saturated heterocycles. The van der Waals surface area contributed by atoms with Gasteiger partial charge < -0.3 is 14.0 Å². The van der Waals surface area contributed by atoms with Gasteiger partial charge in [-0.1, -0.05) is 50.2 Å². The minimum atomic E-state index is -0.0625. The summed E-state index contributed by atoms with van der Waals surface area (Å²) in [6.45, 7) is 12.8. The van der Waals surface area contributed by atoms with Crippen molar-refractivity contribution in [2.24, 2.45) is 9.98 Å². The summed E-state index contributed by atoms with van der Waals surface area (Å²) in [6.07, 6.45) is 11.8. The highest BCUT2D eigenvalue weighted by Gasteiger charge is 2.19. The molecular formula is C34H37N5O2. The van der Waals surface area contributed by atoms with Gasteiger partial charge in [0.1, 0.15) is 5.84 Å². The minimum Gasteiger partial charge on any atom is -0.372 e. The van der Waals surface area contributed by atoms with Gasteiger partial charge in [0.05, 0.1) is 18.4 Å². The largest absolute Gasteiger partial charge is 0.372 e. The van der Waals surface area contributed by atoms with Gasteiger partial charge >= 0.3 is 0 Å². The first-order valence-electron chi connectivity index (χ1n) is 14.4. The maximum absolute atomic E-state index is 13.1. The lowest BCUT2D eigenvalue weighted by molar-refractivity contribution is 0.349. The maximum Gasteiger partial charge on any atom is 0.258 e. The van der Waals surface area contributed by atoms with Gasteiger partial charge in [-0.25, -0.2) is 9.98 Å². The van der Waals surface area contributed by atoms with Crippen molar-refractivity contribution in [1.82, 2.24) is 14.6 Å². The summed E-state index contributed by atoms with van der Waals surface area (Å²) >= 11 is 0. The third-order valence-corrected chi connectivity index (χ3v) is 7.32. The zero-order valence-corrected chi connectivity index (χ0v) is 24.1. The van der Waals surface area contributed by atoms with Crippen LogP contribution in [-0.2, 0) is 6.54 Å². The monoisotopic (exact) mass is 547 g/mol. The SMILES string of the molecule is C=NC1=Nc2cc(-c3ccc4c(=O)n(Cc5ccno5)ccc4c3)ccc2C=C(C(=CCC)N(CCC)CCC)C1. The molecule has 1 aliphatic heterocycles. The van der Waals surface area contributed by atoms with E-state index < -0.39 is 0 Å². The number of rotatable bonds is 10. The Hall–Kier alpha value is -4.52. The standard InChI is InChI=1S/C34H37N5O2/c1-5-8-32(38(16-6-2)17-7-3)28-20-27-10-9-25(21-31(27)37-33(22-28)35-4)24-11-12-30-26(19-24)14-18-39(34(30)40)23-29-13-15-36-41-29/h8-15,18-21H,4-7,16-17,22-23H2,1-3H3. The van der Waals surface area contributed by atoms with Crippen LogP contribution < -0.4 is 5.56 Å². The Balaban J connectivity index is 1.51. The lowest BCUT2D eigenvalue weighted by Gasteiger charge is -2.28. The number of nitrogens with zero attached hydrogens (tertiary/aromatic N) is 5. The van der Waals surface area contributed by atoms with E-state index in [0.29, 0.717) is 29.9 Å². The first kappa shape index (κ1) is 28.0. The van der Waals surface area contributed by atoms with E-state index in [1.165, 1.54) is 11.3 Å². The van der Waals surface area contributed by atoms with Gasteiger partial charge in [0.15, 0.2) is 5.76 Å². The van der Waals surface area contributed by atoms with Crippen LogP contribution in [0.3, 0.4) is 0 Å². The van der Waals surface area contributed by atoms with E-state index in [9.17, 15) is 4.79 Å². The molecule has 7 heteroatoms. The molecule has 0 aliphatic carbocycles. The van der Waals surface area contributed by atoms with Crippen molar-refractivity contribution in [3.05, 3.63) is 99.9 Å². The zero-order valence-electron chi connectivity index (χ0n) is 24.1. The van der Waals surface area contributed by atoms with Gasteiger partial charge in [0.25, 0.3) is 5.56 Å². The molecular weight excluding hydrogens is 510 g/mol. The molecule has 3 heterocycles. The number of benzene rings is 2. The van der Waals surface area contributed by atoms with Crippen LogP contribution in [0.5, 0.6) is 0 Å². The molecule has 0 atom stereocenters. The lowest BCUT2D eigenvalue weighted by atomic mass is 9.98. The number of hydrogen-bond acceptors (Lipinski definition) is 6. The fraction of sp³-hybridized carbons (Fsp3) is 0.294. The Morgan fingerprint density at radius 3 is 2.56 bits per heavy atom. The highest BCUT2D eigenvalue weighted by Crippen LogP contribution is 2.35. The van der Waals surface area contributed by atoms with Crippen molar-refractivity contribution in [2.45, 2.75) is 53.0 Å². The average molecular weight is 548 g/mol. The van der Waals surface area contributed by atoms with Crippen LogP contribution in [0.15, 0.2) is 97.6 Å². The van der Waals surface area contributed by atoms with Gasteiger partial charge in [-0.15, -0.1) is 0 Å². The molecule has 41 heavy (non-hydrogen) atoms. The van der Waals surface area contributed by atoms with E-state index in [1.54, 1.807) is 23.0 Å². The number of fused-ring (bicyclic) bond motifs is 2. The summed E-state index contributed by atoms with van der Waals surface area (Å²) in [6, 6.07) is 16.0. The Bertz CT molecular complexity index is 1690. The molecule has 0 fully saturated rings. The molecule has 0 amide bonds. The molecule has 7 nitrogen and oxygen atoms in total. The molecule has 5 rings (SSSR count). The van der Waals surface area contributed by atoms with Crippen molar-refractivity contribution in [1.29, 1.82) is 0 Å². The number of hydrogen-bond donors (Lipinski definition) is 0. The van der Waals surface area contributed by atoms with E-state index in [1.807, 2.05) is 18.2 Å². The molecule has 1 aliphatic rings. The maximum atomic E-state index is 13.1. The minimum absolute atomic E-state index is 0.0625. The van der Waals surface area contributed by atoms with Gasteiger partial charge in [-0.2, -0.15) is 0 Å². The summed E-state index contributed by atoms with van der Waals surface area (Å²) in [5.74, 6) is 1.35. The average Bonchev–Trinajstić information content (AvgIpc) is 3.43. The first-order valence-corrected chi connectivity index (χ1v) is 14.4. The van der Waals surface area contributed by atoms with Crippen molar-refractivity contribution < 1.29 is 4.52 Å². The van der Waals surface area contributed by atoms with Crippen molar-refractivity contribution in [2.75, 3.05) is 13.1 Å². The van der Waals surface area contributed by atoms with Crippen LogP contribution in [0.25, 0.3) is 28.0 Å². The van der Waals surface area contributed by atoms with Crippen molar-refractivity contribution >= 4 is 35.1 Å². The molecule has 0 saturated carbocycles. The predicted octanol–water partition coefficient (Wildman–Crippen LogP) is 7.64. The molecule has 0 bridgehead atoms. The summed E-state index contributed by atoms with van der Waals surface area (Å²) in [7, 11) is 0. The molecule has 0 N–H and O–H groups in total. The number of pyridine rings is 1. The molecule has 0 unspecified atom stereocenters. The second-order valence-electron chi connectivity index (χ2n) is 10.3. The smallest absolute Gasteiger partial charge is 0.258 e. The van der Waals surface area contributed by atoms with Gasteiger partial charge in [-0.3, -0.25) is 4.79 Å². The summed E-state index contributed by atoms with van der Waals surface area (Å²) < 4.78 is 6.81. The van der Waals surface area contributed by atoms with Crippen LogP contribution >= 0.6 is 0 Å². The molecule has 4 aromatic rings. The first-order chi connectivity index (χ1) is 20.0. The van der Waals surface area contributed by atoms with Crippen LogP contribution in [-0.4, -0.2) is 40.3 Å². The third kappa shape index (κ3) is 6.14. The number of aromatic nitrogens is 2. The fourth-order valence-corrected chi connectivity index (χ4v) is 5.42. The summed E-state index contributed by atoms with van der Waals surface area (Å²) in [4.78, 5) is 24.8. The Morgan fingerprint density at radius 1 is 1.07 bits per heavy atom. The highest BCUT2D eigenvalue weighted by atomic mass is 16.5. The van der Waals surface area contributed by atoms with Crippen molar-refractivity contribution in [3.8, 4) is 11.1 Å². The Labute approximate surface area is 241 Å². The van der Waals surface area contributed by atoms with E-state index in [4.69, 9.17) is 9.52 Å². The Kier molecular flexibility index (Phi) is 8.73. The normalized spacial score (nSPS) is 13.4. The van der Waals surface area contributed by atoms with Crippen LogP contribution in [0, 0.1) is 0 Å². The van der Waals surface area contributed by atoms with E-state index in [-0.39, 0.29) is 5.56 Å². The molecule has 2 aromatic heterocycles. The molecule has 0 radical (unpaired) electrons. The lowest BCUT2D eigenvalue weighted by Crippen LogP contribution is -2.26. The number of aliphatic imine (C=N–C) groups is 2. The topological polar surface area (TPSA) is 76.0 Å². The second-order valence-corrected chi connectivity index (χ2v) is 10.3. The van der Waals surface area contributed by atoms with E-state index in [0.717, 1.165) is 60.1 Å². The number of allylic oxidation sites excluding steroid dienone is 2. The zero-order chi connectivity index (χ0) is 28.8. The van der Waals surface area contributed by atoms with Gasteiger partial charge in [-0.05, 0) is 78.4 Å². The summed E-state index contributed by atoms with van der Waals surface area (Å²) in [5.41, 5.74) is 6.42. The Morgan fingerprint density at radius 2 is 1.85 bits per heavy atom. The van der Waals surface area contributed by atoms with Crippen LogP contribution in [0.1, 0.15) is 57.8 Å². The predicted molar refractivity (Wildman–Crippen MR) is 169 cm³/mol. The van der Waals surface area contributed by atoms with Crippen LogP contribution in [0.2, 0.25) is 0 Å². The second kappa shape index (κ2) is 12.8. The van der Waals surface area contributed by atoms with Gasteiger partial charge in [0.2, 0.25) is 0 Å². The van der Waals surface area contributed by atoms with Gasteiger partial charge in [0, 0.05) is 48.4 Å². The highest BCUT2D eigenvalue weighted by molar-refractivity contribution is 5.95. The van der Waals surface area contributed by atoms with Crippen LogP contribution in [0.4, 0.5) is 5.69 Å². The number of amidine groups is 1. The molecule has 2 aromatic carbocycles. The van der Waals surface area contributed by atoms with Crippen molar-refractivity contribution in [3.63, 3.8) is 0 Å². The molecule has 0 spiro atoms. The molecule has 210 valence electrons. The van der Waals surface area contributed by atoms with E-state index >= 15 is 0 Å². The summed E-state index contributed by atoms with van der Waals surface area (Å²) in [5, 5.41) is 5.27. The quantitative estimate of drug-likeness (QED) is 0.191. The third-order valence-electron chi connectivity index (χ3n) is 7.32. The fourth-order valence-electron chi connectivity index (χ4n) is 5.42. The van der Waals surface area contributed by atoms with E-state index in [2.05, 4.69) is 79.0 Å².